The summed E-state index contributed by atoms with van der Waals surface area (Å²) in [6, 6.07) is 0. The zero-order valence-electron chi connectivity index (χ0n) is 7.94. The van der Waals surface area contributed by atoms with E-state index >= 15 is 0 Å². The number of aromatic nitrogens is 2. The molecule has 0 radical (unpaired) electrons. The molecule has 0 spiro atoms. The number of carbonyl (C=O) groups excluding carboxylic acids is 1. The summed E-state index contributed by atoms with van der Waals surface area (Å²) >= 11 is 2.69. The van der Waals surface area contributed by atoms with Crippen molar-refractivity contribution >= 4 is 34.3 Å². The van der Waals surface area contributed by atoms with E-state index in [9.17, 15) is 4.79 Å². The molecule has 78 valence electrons. The molecule has 0 aliphatic carbocycles. The minimum absolute atomic E-state index is 0.130. The van der Waals surface area contributed by atoms with Gasteiger partial charge in [0.2, 0.25) is 16.2 Å². The lowest BCUT2D eigenvalue weighted by atomic mass is 10.7. The Morgan fingerprint density at radius 1 is 1.71 bits per heavy atom. The zero-order valence-corrected chi connectivity index (χ0v) is 9.57. The molecule has 0 saturated carbocycles. The first-order valence-corrected chi connectivity index (χ1v) is 5.71. The number of methoxy groups -OCH3 is 1. The van der Waals surface area contributed by atoms with Crippen LogP contribution in [0.25, 0.3) is 0 Å². The Kier molecular flexibility index (Phi) is 4.85. The molecule has 5 nitrogen and oxygen atoms in total. The number of hydrogen-bond donors (Lipinski definition) is 1. The first-order chi connectivity index (χ1) is 6.72. The second-order valence-corrected chi connectivity index (χ2v) is 4.22. The van der Waals surface area contributed by atoms with E-state index in [0.717, 1.165) is 5.75 Å². The Morgan fingerprint density at radius 2 is 2.50 bits per heavy atom. The molecular formula is C7H11N3O2S2. The van der Waals surface area contributed by atoms with Gasteiger partial charge in [0.25, 0.3) is 0 Å². The summed E-state index contributed by atoms with van der Waals surface area (Å²) in [6.07, 6.45) is 0. The summed E-state index contributed by atoms with van der Waals surface area (Å²) in [6.45, 7) is 2.11. The van der Waals surface area contributed by atoms with Gasteiger partial charge in [-0.1, -0.05) is 11.8 Å². The van der Waals surface area contributed by atoms with Gasteiger partial charge in [0.15, 0.2) is 0 Å². The van der Waals surface area contributed by atoms with E-state index in [1.807, 2.05) is 0 Å². The quantitative estimate of drug-likeness (QED) is 0.612. The number of nitrogens with one attached hydrogen (secondary N) is 1. The second kappa shape index (κ2) is 5.94. The molecule has 0 bridgehead atoms. The number of amides is 1. The topological polar surface area (TPSA) is 64.1 Å². The van der Waals surface area contributed by atoms with Crippen molar-refractivity contribution in [2.75, 3.05) is 24.8 Å². The Hall–Kier alpha value is -0.660. The lowest BCUT2D eigenvalue weighted by molar-refractivity contribution is -0.114. The van der Waals surface area contributed by atoms with Crippen LogP contribution in [0.3, 0.4) is 0 Å². The van der Waals surface area contributed by atoms with Crippen LogP contribution in [0.2, 0.25) is 0 Å². The van der Waals surface area contributed by atoms with Gasteiger partial charge < -0.3 is 10.1 Å². The molecule has 1 aromatic rings. The third-order valence-electron chi connectivity index (χ3n) is 1.21. The summed E-state index contributed by atoms with van der Waals surface area (Å²) < 4.78 is 8.96. The van der Waals surface area contributed by atoms with E-state index in [-0.39, 0.29) is 5.91 Å². The minimum atomic E-state index is -0.130. The largest absolute Gasteiger partial charge is 0.384 e. The fourth-order valence-electron chi connectivity index (χ4n) is 0.686. The molecule has 0 atom stereocenters. The summed E-state index contributed by atoms with van der Waals surface area (Å²) in [5.41, 5.74) is 0. The normalized spacial score (nSPS) is 10.1. The maximum Gasteiger partial charge on any atom is 0.223 e. The van der Waals surface area contributed by atoms with Gasteiger partial charge in [0.1, 0.15) is 0 Å². The Balaban J connectivity index is 2.38. The highest BCUT2D eigenvalue weighted by molar-refractivity contribution is 7.99. The molecular weight excluding hydrogens is 222 g/mol. The van der Waals surface area contributed by atoms with Crippen molar-refractivity contribution in [3.8, 4) is 0 Å². The van der Waals surface area contributed by atoms with Crippen LogP contribution in [0.5, 0.6) is 0 Å². The summed E-state index contributed by atoms with van der Waals surface area (Å²) in [5.74, 6) is 0.682. The predicted molar refractivity (Wildman–Crippen MR) is 56.8 cm³/mol. The first kappa shape index (κ1) is 11.4. The van der Waals surface area contributed by atoms with Gasteiger partial charge in [-0.15, -0.1) is 0 Å². The second-order valence-electron chi connectivity index (χ2n) is 2.40. The van der Waals surface area contributed by atoms with Crippen LogP contribution in [0, 0.1) is 0 Å². The molecule has 0 fully saturated rings. The van der Waals surface area contributed by atoms with Crippen molar-refractivity contribution < 1.29 is 9.53 Å². The predicted octanol–water partition coefficient (Wildman–Crippen LogP) is 1.23. The lowest BCUT2D eigenvalue weighted by Crippen LogP contribution is -2.04. The van der Waals surface area contributed by atoms with E-state index in [0.29, 0.717) is 16.9 Å². The number of rotatable bonds is 5. The smallest absolute Gasteiger partial charge is 0.223 e. The molecule has 1 aromatic heterocycles. The molecule has 0 aromatic carbocycles. The Morgan fingerprint density at radius 3 is 3.14 bits per heavy atom. The zero-order chi connectivity index (χ0) is 10.4. The molecule has 0 unspecified atom stereocenters. The average Bonchev–Trinajstić information content (AvgIpc) is 2.52. The Bertz CT molecular complexity index is 303. The van der Waals surface area contributed by atoms with Crippen LogP contribution in [0.15, 0.2) is 5.16 Å². The van der Waals surface area contributed by atoms with Crippen molar-refractivity contribution in [1.82, 2.24) is 9.36 Å². The standard InChI is InChI=1S/C7H11N3O2S2/c1-5(11)8-6-9-7(10-14-6)13-4-3-12-2/h3-4H2,1-2H3,(H,8,9,10,11). The molecule has 0 saturated heterocycles. The van der Waals surface area contributed by atoms with Crippen LogP contribution in [-0.2, 0) is 9.53 Å². The third kappa shape index (κ3) is 4.03. The molecule has 0 aliphatic heterocycles. The number of anilines is 1. The van der Waals surface area contributed by atoms with Crippen molar-refractivity contribution in [2.24, 2.45) is 0 Å². The number of nitrogens with zero attached hydrogens (tertiary/aromatic N) is 2. The molecule has 1 rings (SSSR count). The van der Waals surface area contributed by atoms with Crippen molar-refractivity contribution in [3.05, 3.63) is 0 Å². The van der Waals surface area contributed by atoms with Gasteiger partial charge >= 0.3 is 0 Å². The van der Waals surface area contributed by atoms with Gasteiger partial charge in [-0.3, -0.25) is 4.79 Å². The fraction of sp³-hybridized carbons (Fsp3) is 0.571. The van der Waals surface area contributed by atoms with E-state index in [1.165, 1.54) is 30.2 Å². The maximum absolute atomic E-state index is 10.7. The summed E-state index contributed by atoms with van der Waals surface area (Å²) in [4.78, 5) is 14.8. The highest BCUT2D eigenvalue weighted by atomic mass is 32.2. The monoisotopic (exact) mass is 233 g/mol. The molecule has 1 N–H and O–H groups in total. The maximum atomic E-state index is 10.7. The third-order valence-corrected chi connectivity index (χ3v) is 2.77. The number of thioether (sulfide) groups is 1. The van der Waals surface area contributed by atoms with Gasteiger partial charge in [-0.25, -0.2) is 0 Å². The van der Waals surface area contributed by atoms with Crippen molar-refractivity contribution in [1.29, 1.82) is 0 Å². The Labute approximate surface area is 90.4 Å². The van der Waals surface area contributed by atoms with Gasteiger partial charge in [0.05, 0.1) is 6.61 Å². The first-order valence-electron chi connectivity index (χ1n) is 3.95. The van der Waals surface area contributed by atoms with E-state index in [2.05, 4.69) is 14.7 Å². The number of ether oxygens (including phenoxy) is 1. The lowest BCUT2D eigenvalue weighted by Gasteiger charge is -1.94. The van der Waals surface area contributed by atoms with Crippen LogP contribution in [-0.4, -0.2) is 34.7 Å². The van der Waals surface area contributed by atoms with Crippen molar-refractivity contribution in [2.45, 2.75) is 12.1 Å². The molecule has 0 aliphatic rings. The fourth-order valence-corrected chi connectivity index (χ4v) is 2.18. The summed E-state index contributed by atoms with van der Waals surface area (Å²) in [7, 11) is 1.65. The van der Waals surface area contributed by atoms with E-state index < -0.39 is 0 Å². The van der Waals surface area contributed by atoms with Gasteiger partial charge in [-0.05, 0) is 0 Å². The van der Waals surface area contributed by atoms with Gasteiger partial charge in [0, 0.05) is 31.3 Å². The van der Waals surface area contributed by atoms with Crippen molar-refractivity contribution in [3.63, 3.8) is 0 Å². The summed E-state index contributed by atoms with van der Waals surface area (Å²) in [5, 5.41) is 3.79. The van der Waals surface area contributed by atoms with Crippen LogP contribution < -0.4 is 5.32 Å². The van der Waals surface area contributed by atoms with Gasteiger partial charge in [-0.2, -0.15) is 9.36 Å². The molecule has 14 heavy (non-hydrogen) atoms. The van der Waals surface area contributed by atoms with E-state index in [1.54, 1.807) is 7.11 Å². The molecule has 1 amide bonds. The molecule has 1 heterocycles. The highest BCUT2D eigenvalue weighted by Crippen LogP contribution is 2.19. The van der Waals surface area contributed by atoms with E-state index in [4.69, 9.17) is 4.74 Å². The van der Waals surface area contributed by atoms with Crippen LogP contribution in [0.4, 0.5) is 5.13 Å². The number of carbonyl (C=O) groups is 1. The van der Waals surface area contributed by atoms with Crippen LogP contribution in [0.1, 0.15) is 6.92 Å². The van der Waals surface area contributed by atoms with Crippen LogP contribution >= 0.6 is 23.3 Å². The SMILES string of the molecule is COCCSc1nsc(NC(C)=O)n1. The average molecular weight is 233 g/mol. The highest BCUT2D eigenvalue weighted by Gasteiger charge is 2.04. The molecule has 7 heteroatoms. The number of hydrogen-bond acceptors (Lipinski definition) is 6. The minimum Gasteiger partial charge on any atom is -0.384 e.